The molecule has 0 bridgehead atoms. The standard InChI is InChI=1S/C14H20ClNOS/c1-8-7-17-14(5-9(2)16-10(3)6-14)13-11(8)4-12(15)18-13/h4,8-10,16H,5-7H2,1-3H3/t8?,9-,10+,14-. The van der Waals surface area contributed by atoms with E-state index in [-0.39, 0.29) is 5.60 Å². The molecule has 18 heavy (non-hydrogen) atoms. The number of piperidine rings is 1. The van der Waals surface area contributed by atoms with Gasteiger partial charge in [-0.25, -0.2) is 0 Å². The summed E-state index contributed by atoms with van der Waals surface area (Å²) in [4.78, 5) is 1.38. The molecule has 1 spiro atoms. The third kappa shape index (κ3) is 2.01. The molecule has 3 rings (SSSR count). The van der Waals surface area contributed by atoms with Gasteiger partial charge < -0.3 is 10.1 Å². The summed E-state index contributed by atoms with van der Waals surface area (Å²) >= 11 is 7.95. The largest absolute Gasteiger partial charge is 0.369 e. The summed E-state index contributed by atoms with van der Waals surface area (Å²) in [6.45, 7) is 7.53. The van der Waals surface area contributed by atoms with Gasteiger partial charge in [-0.2, -0.15) is 0 Å². The van der Waals surface area contributed by atoms with Crippen LogP contribution >= 0.6 is 22.9 Å². The van der Waals surface area contributed by atoms with Crippen molar-refractivity contribution in [1.82, 2.24) is 5.32 Å². The third-order valence-corrected chi connectivity index (χ3v) is 5.59. The van der Waals surface area contributed by atoms with Crippen LogP contribution in [0.3, 0.4) is 0 Å². The Hall–Kier alpha value is -0.0900. The molecule has 0 radical (unpaired) electrons. The number of rotatable bonds is 0. The van der Waals surface area contributed by atoms with Crippen molar-refractivity contribution in [1.29, 1.82) is 0 Å². The van der Waals surface area contributed by atoms with Crippen molar-refractivity contribution < 1.29 is 4.74 Å². The molecule has 4 atom stereocenters. The van der Waals surface area contributed by atoms with E-state index in [1.165, 1.54) is 10.4 Å². The van der Waals surface area contributed by atoms with Gasteiger partial charge in [0, 0.05) is 22.9 Å². The minimum Gasteiger partial charge on any atom is -0.369 e. The lowest BCUT2D eigenvalue weighted by molar-refractivity contribution is -0.0997. The van der Waals surface area contributed by atoms with Gasteiger partial charge in [-0.05, 0) is 38.3 Å². The van der Waals surface area contributed by atoms with Crippen LogP contribution in [-0.2, 0) is 10.3 Å². The summed E-state index contributed by atoms with van der Waals surface area (Å²) in [5.74, 6) is 0.467. The number of hydrogen-bond donors (Lipinski definition) is 1. The highest BCUT2D eigenvalue weighted by atomic mass is 35.5. The molecular weight excluding hydrogens is 266 g/mol. The second kappa shape index (κ2) is 4.48. The molecule has 0 amide bonds. The van der Waals surface area contributed by atoms with Crippen LogP contribution in [0.4, 0.5) is 0 Å². The number of ether oxygens (including phenoxy) is 1. The second-order valence-electron chi connectivity index (χ2n) is 5.92. The van der Waals surface area contributed by atoms with Crippen LogP contribution in [-0.4, -0.2) is 18.7 Å². The fourth-order valence-corrected chi connectivity index (χ4v) is 5.03. The van der Waals surface area contributed by atoms with Gasteiger partial charge in [-0.15, -0.1) is 11.3 Å². The van der Waals surface area contributed by atoms with Gasteiger partial charge in [0.15, 0.2) is 0 Å². The van der Waals surface area contributed by atoms with Crippen molar-refractivity contribution in [3.63, 3.8) is 0 Å². The Morgan fingerprint density at radius 2 is 2.00 bits per heavy atom. The first kappa shape index (κ1) is 12.9. The van der Waals surface area contributed by atoms with Crippen LogP contribution in [0.25, 0.3) is 0 Å². The maximum atomic E-state index is 6.31. The van der Waals surface area contributed by atoms with E-state index in [2.05, 4.69) is 32.2 Å². The fraction of sp³-hybridized carbons (Fsp3) is 0.714. The Balaban J connectivity index is 2.05. The fourth-order valence-electron chi connectivity index (χ4n) is 3.51. The maximum absolute atomic E-state index is 6.31. The van der Waals surface area contributed by atoms with Crippen molar-refractivity contribution in [3.05, 3.63) is 20.8 Å². The van der Waals surface area contributed by atoms with Crippen LogP contribution < -0.4 is 5.32 Å². The zero-order chi connectivity index (χ0) is 12.9. The molecule has 1 unspecified atom stereocenters. The van der Waals surface area contributed by atoms with Crippen molar-refractivity contribution in [2.45, 2.75) is 57.2 Å². The summed E-state index contributed by atoms with van der Waals surface area (Å²) in [6, 6.07) is 3.14. The zero-order valence-corrected chi connectivity index (χ0v) is 12.7. The average Bonchev–Trinajstić information content (AvgIpc) is 2.67. The lowest BCUT2D eigenvalue weighted by Crippen LogP contribution is -2.52. The highest BCUT2D eigenvalue weighted by molar-refractivity contribution is 7.16. The molecule has 1 fully saturated rings. The van der Waals surface area contributed by atoms with Crippen LogP contribution in [0.1, 0.15) is 50.0 Å². The van der Waals surface area contributed by atoms with Gasteiger partial charge in [0.05, 0.1) is 10.9 Å². The summed E-state index contributed by atoms with van der Waals surface area (Å²) < 4.78 is 7.21. The Labute approximate surface area is 118 Å². The predicted octanol–water partition coefficient (Wildman–Crippen LogP) is 3.89. The lowest BCUT2D eigenvalue weighted by Gasteiger charge is -2.46. The molecule has 3 heterocycles. The van der Waals surface area contributed by atoms with E-state index in [9.17, 15) is 0 Å². The Kier molecular flexibility index (Phi) is 3.22. The molecule has 1 N–H and O–H groups in total. The molecule has 0 aromatic carbocycles. The first-order valence-corrected chi connectivity index (χ1v) is 7.89. The average molecular weight is 286 g/mol. The predicted molar refractivity (Wildman–Crippen MR) is 76.7 cm³/mol. The van der Waals surface area contributed by atoms with Crippen LogP contribution in [0, 0.1) is 0 Å². The van der Waals surface area contributed by atoms with E-state index < -0.39 is 0 Å². The van der Waals surface area contributed by atoms with Gasteiger partial charge in [0.25, 0.3) is 0 Å². The number of nitrogens with one attached hydrogen (secondary N) is 1. The van der Waals surface area contributed by atoms with Gasteiger partial charge in [0.1, 0.15) is 5.60 Å². The van der Waals surface area contributed by atoms with Crippen LogP contribution in [0.5, 0.6) is 0 Å². The molecule has 2 aliphatic heterocycles. The van der Waals surface area contributed by atoms with E-state index in [1.54, 1.807) is 11.3 Å². The molecule has 100 valence electrons. The SMILES string of the molecule is CC1CO[C@@]2(C[C@@H](C)N[C@@H](C)C2)c2sc(Cl)cc21. The Morgan fingerprint density at radius 3 is 2.67 bits per heavy atom. The molecule has 0 saturated carbocycles. The minimum absolute atomic E-state index is 0.0935. The molecule has 4 heteroatoms. The smallest absolute Gasteiger partial charge is 0.106 e. The van der Waals surface area contributed by atoms with E-state index >= 15 is 0 Å². The highest BCUT2D eigenvalue weighted by Crippen LogP contribution is 2.50. The number of fused-ring (bicyclic) bond motifs is 2. The topological polar surface area (TPSA) is 21.3 Å². The molecule has 1 saturated heterocycles. The summed E-state index contributed by atoms with van der Waals surface area (Å²) in [5.41, 5.74) is 1.32. The lowest BCUT2D eigenvalue weighted by atomic mass is 9.78. The molecule has 1 aromatic heterocycles. The van der Waals surface area contributed by atoms with Crippen molar-refractivity contribution in [2.24, 2.45) is 0 Å². The maximum Gasteiger partial charge on any atom is 0.106 e. The molecule has 2 aliphatic rings. The van der Waals surface area contributed by atoms with Gasteiger partial charge in [-0.1, -0.05) is 18.5 Å². The molecular formula is C14H20ClNOS. The Bertz CT molecular complexity index is 449. The summed E-state index contributed by atoms with van der Waals surface area (Å²) in [5, 5.41) is 3.59. The zero-order valence-electron chi connectivity index (χ0n) is 11.1. The van der Waals surface area contributed by atoms with Gasteiger partial charge in [-0.3, -0.25) is 0 Å². The quantitative estimate of drug-likeness (QED) is 0.781. The second-order valence-corrected chi connectivity index (χ2v) is 7.60. The van der Waals surface area contributed by atoms with Crippen LogP contribution in [0.2, 0.25) is 4.34 Å². The molecule has 1 aromatic rings. The minimum atomic E-state index is -0.0935. The summed E-state index contributed by atoms with van der Waals surface area (Å²) in [7, 11) is 0. The first-order chi connectivity index (χ1) is 8.50. The number of halogens is 1. The molecule has 2 nitrogen and oxygen atoms in total. The first-order valence-electron chi connectivity index (χ1n) is 6.70. The normalized spacial score (nSPS) is 39.9. The van der Waals surface area contributed by atoms with Gasteiger partial charge >= 0.3 is 0 Å². The number of thiophene rings is 1. The monoisotopic (exact) mass is 285 g/mol. The third-order valence-electron chi connectivity index (χ3n) is 4.13. The Morgan fingerprint density at radius 1 is 1.33 bits per heavy atom. The van der Waals surface area contributed by atoms with Crippen molar-refractivity contribution >= 4 is 22.9 Å². The summed E-state index contributed by atoms with van der Waals surface area (Å²) in [6.07, 6.45) is 2.10. The van der Waals surface area contributed by atoms with E-state index in [0.717, 1.165) is 23.8 Å². The van der Waals surface area contributed by atoms with E-state index in [4.69, 9.17) is 16.3 Å². The van der Waals surface area contributed by atoms with E-state index in [1.807, 2.05) is 0 Å². The number of hydrogen-bond acceptors (Lipinski definition) is 3. The van der Waals surface area contributed by atoms with Crippen molar-refractivity contribution in [3.8, 4) is 0 Å². The van der Waals surface area contributed by atoms with E-state index in [0.29, 0.717) is 18.0 Å². The van der Waals surface area contributed by atoms with Crippen LogP contribution in [0.15, 0.2) is 6.07 Å². The van der Waals surface area contributed by atoms with Gasteiger partial charge in [0.2, 0.25) is 0 Å². The highest BCUT2D eigenvalue weighted by Gasteiger charge is 2.46. The van der Waals surface area contributed by atoms with Crippen molar-refractivity contribution in [2.75, 3.05) is 6.61 Å². The molecule has 0 aliphatic carbocycles.